The highest BCUT2D eigenvalue weighted by atomic mass is 32.1. The Bertz CT molecular complexity index is 615. The standard InChI is InChI=1S/C13H12N4O2S/c18-12-11(9-4-2-1-3-5-9)17(7-6-14-12)13(19)10-8-15-20-16-10/h1-5,8,11H,6-7H2,(H,14,18)/t11-/m0/s1. The van der Waals surface area contributed by atoms with Gasteiger partial charge in [-0.05, 0) is 5.56 Å². The van der Waals surface area contributed by atoms with Crippen LogP contribution in [-0.4, -0.2) is 38.6 Å². The normalized spacial score (nSPS) is 18.7. The Morgan fingerprint density at radius 1 is 1.35 bits per heavy atom. The van der Waals surface area contributed by atoms with Gasteiger partial charge < -0.3 is 10.2 Å². The van der Waals surface area contributed by atoms with E-state index in [9.17, 15) is 9.59 Å². The Morgan fingerprint density at radius 3 is 2.85 bits per heavy atom. The van der Waals surface area contributed by atoms with Crippen molar-refractivity contribution in [2.75, 3.05) is 13.1 Å². The van der Waals surface area contributed by atoms with Crippen molar-refractivity contribution in [1.82, 2.24) is 19.0 Å². The predicted octanol–water partition coefficient (Wildman–Crippen LogP) is 0.851. The molecule has 2 amide bonds. The zero-order valence-corrected chi connectivity index (χ0v) is 11.3. The van der Waals surface area contributed by atoms with Crippen LogP contribution >= 0.6 is 11.7 Å². The summed E-state index contributed by atoms with van der Waals surface area (Å²) in [5.41, 5.74) is 1.08. The SMILES string of the molecule is O=C1NCCN(C(=O)c2cnsn2)[C@H]1c1ccccc1. The van der Waals surface area contributed by atoms with Crippen molar-refractivity contribution in [2.45, 2.75) is 6.04 Å². The molecule has 3 rings (SSSR count). The molecule has 0 radical (unpaired) electrons. The summed E-state index contributed by atoms with van der Waals surface area (Å²) in [6, 6.07) is 8.65. The van der Waals surface area contributed by atoms with Crippen molar-refractivity contribution >= 4 is 23.5 Å². The molecule has 0 spiro atoms. The minimum absolute atomic E-state index is 0.168. The number of carbonyl (C=O) groups excluding carboxylic acids is 2. The molecule has 1 aliphatic heterocycles. The number of rotatable bonds is 2. The minimum atomic E-state index is -0.612. The molecule has 20 heavy (non-hydrogen) atoms. The molecule has 1 aromatic heterocycles. The molecule has 2 heterocycles. The van der Waals surface area contributed by atoms with E-state index in [1.54, 1.807) is 4.90 Å². The number of hydrogen-bond donors (Lipinski definition) is 1. The zero-order valence-electron chi connectivity index (χ0n) is 10.5. The van der Waals surface area contributed by atoms with E-state index in [-0.39, 0.29) is 17.5 Å². The highest BCUT2D eigenvalue weighted by molar-refractivity contribution is 6.99. The van der Waals surface area contributed by atoms with E-state index in [1.807, 2.05) is 30.3 Å². The lowest BCUT2D eigenvalue weighted by Crippen LogP contribution is -2.52. The van der Waals surface area contributed by atoms with E-state index in [0.717, 1.165) is 17.3 Å². The molecular weight excluding hydrogens is 276 g/mol. The summed E-state index contributed by atoms with van der Waals surface area (Å²) in [5.74, 6) is -0.429. The van der Waals surface area contributed by atoms with Crippen molar-refractivity contribution in [1.29, 1.82) is 0 Å². The number of benzene rings is 1. The van der Waals surface area contributed by atoms with Crippen molar-refractivity contribution in [3.05, 3.63) is 47.8 Å². The first-order chi connectivity index (χ1) is 9.77. The van der Waals surface area contributed by atoms with Gasteiger partial charge in [0.25, 0.3) is 5.91 Å². The summed E-state index contributed by atoms with van der Waals surface area (Å²) in [7, 11) is 0. The van der Waals surface area contributed by atoms with E-state index < -0.39 is 6.04 Å². The van der Waals surface area contributed by atoms with Gasteiger partial charge in [0.2, 0.25) is 5.91 Å². The first kappa shape index (κ1) is 12.7. The largest absolute Gasteiger partial charge is 0.352 e. The maximum atomic E-state index is 12.4. The summed E-state index contributed by atoms with van der Waals surface area (Å²) >= 11 is 0.982. The van der Waals surface area contributed by atoms with Gasteiger partial charge in [-0.3, -0.25) is 9.59 Å². The van der Waals surface area contributed by atoms with E-state index in [1.165, 1.54) is 6.20 Å². The number of amides is 2. The maximum Gasteiger partial charge on any atom is 0.276 e. The molecule has 7 heteroatoms. The fourth-order valence-electron chi connectivity index (χ4n) is 2.26. The van der Waals surface area contributed by atoms with Crippen LogP contribution in [0.3, 0.4) is 0 Å². The van der Waals surface area contributed by atoms with Crippen molar-refractivity contribution in [2.24, 2.45) is 0 Å². The predicted molar refractivity (Wildman–Crippen MR) is 73.1 cm³/mol. The molecule has 0 unspecified atom stereocenters. The molecule has 0 bridgehead atoms. The molecule has 0 aliphatic carbocycles. The maximum absolute atomic E-state index is 12.4. The highest BCUT2D eigenvalue weighted by Gasteiger charge is 2.35. The number of hydrogen-bond acceptors (Lipinski definition) is 5. The molecule has 1 aliphatic rings. The van der Waals surface area contributed by atoms with Gasteiger partial charge >= 0.3 is 0 Å². The Hall–Kier alpha value is -2.28. The molecule has 6 nitrogen and oxygen atoms in total. The van der Waals surface area contributed by atoms with E-state index in [0.29, 0.717) is 13.1 Å². The zero-order chi connectivity index (χ0) is 13.9. The summed E-state index contributed by atoms with van der Waals surface area (Å²) in [6.45, 7) is 0.910. The summed E-state index contributed by atoms with van der Waals surface area (Å²) in [5, 5.41) is 2.79. The van der Waals surface area contributed by atoms with Gasteiger partial charge in [-0.1, -0.05) is 30.3 Å². The van der Waals surface area contributed by atoms with Gasteiger partial charge in [0.05, 0.1) is 17.9 Å². The molecule has 1 fully saturated rings. The second-order valence-corrected chi connectivity index (χ2v) is 4.95. The van der Waals surface area contributed by atoms with Crippen molar-refractivity contribution in [3.63, 3.8) is 0 Å². The minimum Gasteiger partial charge on any atom is -0.352 e. The van der Waals surface area contributed by atoms with Gasteiger partial charge in [0, 0.05) is 13.1 Å². The van der Waals surface area contributed by atoms with E-state index >= 15 is 0 Å². The van der Waals surface area contributed by atoms with Crippen molar-refractivity contribution in [3.8, 4) is 0 Å². The molecule has 1 N–H and O–H groups in total. The summed E-state index contributed by atoms with van der Waals surface area (Å²) < 4.78 is 7.79. The number of nitrogens with one attached hydrogen (secondary N) is 1. The van der Waals surface area contributed by atoms with E-state index in [2.05, 4.69) is 14.1 Å². The summed E-state index contributed by atoms with van der Waals surface area (Å²) in [6.07, 6.45) is 1.43. The molecule has 1 aromatic carbocycles. The van der Waals surface area contributed by atoms with E-state index in [4.69, 9.17) is 0 Å². The van der Waals surface area contributed by atoms with Gasteiger partial charge in [-0.25, -0.2) is 0 Å². The number of carbonyl (C=O) groups is 2. The fraction of sp³-hybridized carbons (Fsp3) is 0.231. The van der Waals surface area contributed by atoms with Crippen LogP contribution in [0.1, 0.15) is 22.1 Å². The van der Waals surface area contributed by atoms with Crippen LogP contribution in [0.5, 0.6) is 0 Å². The molecular formula is C13H12N4O2S. The lowest BCUT2D eigenvalue weighted by atomic mass is 10.0. The number of piperazine rings is 1. The van der Waals surface area contributed by atoms with Crippen LogP contribution in [0.15, 0.2) is 36.5 Å². The molecule has 1 saturated heterocycles. The second-order valence-electron chi connectivity index (χ2n) is 4.40. The summed E-state index contributed by atoms with van der Waals surface area (Å²) in [4.78, 5) is 26.1. The van der Waals surface area contributed by atoms with Crippen LogP contribution in [0.25, 0.3) is 0 Å². The average molecular weight is 288 g/mol. The highest BCUT2D eigenvalue weighted by Crippen LogP contribution is 2.24. The molecule has 102 valence electrons. The third-order valence-electron chi connectivity index (χ3n) is 3.17. The quantitative estimate of drug-likeness (QED) is 0.889. The van der Waals surface area contributed by atoms with Crippen LogP contribution in [0.2, 0.25) is 0 Å². The van der Waals surface area contributed by atoms with Crippen LogP contribution < -0.4 is 5.32 Å². The molecule has 0 saturated carbocycles. The number of nitrogens with zero attached hydrogens (tertiary/aromatic N) is 3. The Kier molecular flexibility index (Phi) is 3.42. The van der Waals surface area contributed by atoms with Crippen LogP contribution in [0.4, 0.5) is 0 Å². The molecule has 2 aromatic rings. The fourth-order valence-corrected chi connectivity index (χ4v) is 2.67. The lowest BCUT2D eigenvalue weighted by molar-refractivity contribution is -0.128. The third kappa shape index (κ3) is 2.27. The van der Waals surface area contributed by atoms with Crippen molar-refractivity contribution < 1.29 is 9.59 Å². The van der Waals surface area contributed by atoms with Gasteiger partial charge in [0.15, 0.2) is 5.69 Å². The first-order valence-electron chi connectivity index (χ1n) is 6.18. The van der Waals surface area contributed by atoms with Crippen LogP contribution in [0, 0.1) is 0 Å². The van der Waals surface area contributed by atoms with Gasteiger partial charge in [-0.15, -0.1) is 0 Å². The molecule has 1 atom stereocenters. The Balaban J connectivity index is 1.95. The topological polar surface area (TPSA) is 75.2 Å². The Morgan fingerprint density at radius 2 is 2.15 bits per heavy atom. The Labute approximate surface area is 119 Å². The van der Waals surface area contributed by atoms with Gasteiger partial charge in [-0.2, -0.15) is 8.75 Å². The smallest absolute Gasteiger partial charge is 0.276 e. The number of aromatic nitrogens is 2. The average Bonchev–Trinajstić information content (AvgIpc) is 3.01. The second kappa shape index (κ2) is 5.38. The lowest BCUT2D eigenvalue weighted by Gasteiger charge is -2.34. The first-order valence-corrected chi connectivity index (χ1v) is 6.91. The monoisotopic (exact) mass is 288 g/mol. The van der Waals surface area contributed by atoms with Crippen LogP contribution in [-0.2, 0) is 4.79 Å². The van der Waals surface area contributed by atoms with Gasteiger partial charge in [0.1, 0.15) is 6.04 Å². The third-order valence-corrected chi connectivity index (χ3v) is 3.65.